The van der Waals surface area contributed by atoms with Crippen molar-refractivity contribution in [3.63, 3.8) is 0 Å². The predicted molar refractivity (Wildman–Crippen MR) is 122 cm³/mol. The molecule has 0 bridgehead atoms. The van der Waals surface area contributed by atoms with Crippen LogP contribution in [0.3, 0.4) is 0 Å². The van der Waals surface area contributed by atoms with Gasteiger partial charge in [-0.3, -0.25) is 9.36 Å². The molecule has 3 heterocycles. The van der Waals surface area contributed by atoms with E-state index in [1.54, 1.807) is 35.4 Å². The summed E-state index contributed by atoms with van der Waals surface area (Å²) in [6.45, 7) is 8.18. The standard InChI is InChI=1S/C22H21N3O3S2/c1-5-10-25-21(26)18-13(2)14(3)30-20(18)24-22(25)29-12-16-11-28-19(23-16)15-6-8-17(27-4)9-7-15/h5-9,11H,1,10,12H2,2-4H3. The molecule has 30 heavy (non-hydrogen) atoms. The van der Waals surface area contributed by atoms with Crippen LogP contribution in [-0.2, 0) is 12.3 Å². The Hall–Kier alpha value is -2.84. The maximum atomic E-state index is 13.1. The van der Waals surface area contributed by atoms with Crippen LogP contribution in [0.25, 0.3) is 21.7 Å². The molecule has 1 aromatic carbocycles. The molecule has 6 nitrogen and oxygen atoms in total. The molecule has 0 aliphatic carbocycles. The lowest BCUT2D eigenvalue weighted by atomic mass is 10.2. The number of oxazole rings is 1. The number of benzene rings is 1. The molecule has 154 valence electrons. The minimum absolute atomic E-state index is 0.0247. The molecule has 0 aliphatic heterocycles. The normalized spacial score (nSPS) is 11.2. The van der Waals surface area contributed by atoms with Gasteiger partial charge in [0.05, 0.1) is 18.2 Å². The van der Waals surface area contributed by atoms with Crippen molar-refractivity contribution in [3.05, 3.63) is 69.7 Å². The Balaban J connectivity index is 1.60. The summed E-state index contributed by atoms with van der Waals surface area (Å²) in [6.07, 6.45) is 3.35. The number of allylic oxidation sites excluding steroid dienone is 1. The van der Waals surface area contributed by atoms with Gasteiger partial charge in [0.15, 0.2) is 5.16 Å². The van der Waals surface area contributed by atoms with Gasteiger partial charge in [-0.05, 0) is 43.7 Å². The van der Waals surface area contributed by atoms with Crippen molar-refractivity contribution >= 4 is 33.3 Å². The van der Waals surface area contributed by atoms with Crippen molar-refractivity contribution in [1.82, 2.24) is 14.5 Å². The maximum Gasteiger partial charge on any atom is 0.263 e. The molecule has 0 saturated heterocycles. The molecule has 8 heteroatoms. The Labute approximate surface area is 182 Å². The van der Waals surface area contributed by atoms with Gasteiger partial charge in [0.2, 0.25) is 5.89 Å². The highest BCUT2D eigenvalue weighted by molar-refractivity contribution is 7.98. The Morgan fingerprint density at radius 1 is 1.27 bits per heavy atom. The van der Waals surface area contributed by atoms with Crippen LogP contribution in [0.15, 0.2) is 57.6 Å². The van der Waals surface area contributed by atoms with Crippen molar-refractivity contribution in [3.8, 4) is 17.2 Å². The minimum atomic E-state index is -0.0247. The van der Waals surface area contributed by atoms with Crippen molar-refractivity contribution in [1.29, 1.82) is 0 Å². The molecule has 0 atom stereocenters. The largest absolute Gasteiger partial charge is 0.497 e. The topological polar surface area (TPSA) is 70.2 Å². The van der Waals surface area contributed by atoms with E-state index in [2.05, 4.69) is 11.6 Å². The van der Waals surface area contributed by atoms with Gasteiger partial charge in [0, 0.05) is 22.7 Å². The molecule has 0 amide bonds. The summed E-state index contributed by atoms with van der Waals surface area (Å²) >= 11 is 3.02. The van der Waals surface area contributed by atoms with Crippen LogP contribution < -0.4 is 10.3 Å². The van der Waals surface area contributed by atoms with E-state index >= 15 is 0 Å². The van der Waals surface area contributed by atoms with Crippen molar-refractivity contribution < 1.29 is 9.15 Å². The molecule has 4 aromatic rings. The third-order valence-corrected chi connectivity index (χ3v) is 6.91. The number of hydrogen-bond donors (Lipinski definition) is 0. The number of hydrogen-bond acceptors (Lipinski definition) is 7. The van der Waals surface area contributed by atoms with Crippen LogP contribution in [0.5, 0.6) is 5.75 Å². The highest BCUT2D eigenvalue weighted by Crippen LogP contribution is 2.30. The quantitative estimate of drug-likeness (QED) is 0.223. The fourth-order valence-corrected chi connectivity index (χ4v) is 5.04. The van der Waals surface area contributed by atoms with E-state index in [4.69, 9.17) is 14.1 Å². The van der Waals surface area contributed by atoms with Crippen LogP contribution in [0, 0.1) is 13.8 Å². The van der Waals surface area contributed by atoms with Crippen LogP contribution in [0.1, 0.15) is 16.1 Å². The smallest absolute Gasteiger partial charge is 0.263 e. The lowest BCUT2D eigenvalue weighted by Crippen LogP contribution is -2.22. The third kappa shape index (κ3) is 3.80. The van der Waals surface area contributed by atoms with Gasteiger partial charge in [-0.25, -0.2) is 9.97 Å². The summed E-state index contributed by atoms with van der Waals surface area (Å²) < 4.78 is 12.5. The molecule has 3 aromatic heterocycles. The van der Waals surface area contributed by atoms with Crippen molar-refractivity contribution in [2.45, 2.75) is 31.3 Å². The van der Waals surface area contributed by atoms with E-state index < -0.39 is 0 Å². The van der Waals surface area contributed by atoms with Crippen LogP contribution >= 0.6 is 23.1 Å². The van der Waals surface area contributed by atoms with Crippen LogP contribution in [-0.4, -0.2) is 21.6 Å². The number of rotatable bonds is 7. The molecule has 0 N–H and O–H groups in total. The summed E-state index contributed by atoms with van der Waals surface area (Å²) in [7, 11) is 1.63. The number of nitrogens with zero attached hydrogens (tertiary/aromatic N) is 3. The van der Waals surface area contributed by atoms with Crippen LogP contribution in [0.2, 0.25) is 0 Å². The van der Waals surface area contributed by atoms with Crippen LogP contribution in [0.4, 0.5) is 0 Å². The molecule has 0 fully saturated rings. The predicted octanol–water partition coefficient (Wildman–Crippen LogP) is 5.22. The second-order valence-corrected chi connectivity index (χ2v) is 8.87. The van der Waals surface area contributed by atoms with Crippen molar-refractivity contribution in [2.24, 2.45) is 0 Å². The average molecular weight is 440 g/mol. The highest BCUT2D eigenvalue weighted by atomic mass is 32.2. The zero-order valence-electron chi connectivity index (χ0n) is 17.0. The average Bonchev–Trinajstić information content (AvgIpc) is 3.33. The lowest BCUT2D eigenvalue weighted by Gasteiger charge is -2.09. The van der Waals surface area contributed by atoms with E-state index in [-0.39, 0.29) is 5.56 Å². The fourth-order valence-electron chi connectivity index (χ4n) is 3.09. The third-order valence-electron chi connectivity index (χ3n) is 4.80. The van der Waals surface area contributed by atoms with Gasteiger partial charge in [0.25, 0.3) is 5.56 Å². The lowest BCUT2D eigenvalue weighted by molar-refractivity contribution is 0.415. The first kappa shape index (κ1) is 20.4. The van der Waals surface area contributed by atoms with E-state index in [0.717, 1.165) is 32.3 Å². The van der Waals surface area contributed by atoms with E-state index in [1.807, 2.05) is 38.1 Å². The second kappa shape index (κ2) is 8.49. The Morgan fingerprint density at radius 3 is 2.73 bits per heavy atom. The summed E-state index contributed by atoms with van der Waals surface area (Å²) in [5, 5.41) is 1.36. The maximum absolute atomic E-state index is 13.1. The zero-order chi connectivity index (χ0) is 21.3. The summed E-state index contributed by atoms with van der Waals surface area (Å²) in [5.74, 6) is 1.87. The second-order valence-electron chi connectivity index (χ2n) is 6.72. The first-order chi connectivity index (χ1) is 14.5. The number of aromatic nitrogens is 3. The number of thiophene rings is 1. The van der Waals surface area contributed by atoms with Gasteiger partial charge in [-0.1, -0.05) is 17.8 Å². The number of ether oxygens (including phenoxy) is 1. The Kier molecular flexibility index (Phi) is 5.78. The van der Waals surface area contributed by atoms with Gasteiger partial charge in [0.1, 0.15) is 16.8 Å². The van der Waals surface area contributed by atoms with E-state index in [0.29, 0.717) is 28.7 Å². The summed E-state index contributed by atoms with van der Waals surface area (Å²) in [4.78, 5) is 24.3. The summed E-state index contributed by atoms with van der Waals surface area (Å²) in [6, 6.07) is 7.54. The number of methoxy groups -OCH3 is 1. The zero-order valence-corrected chi connectivity index (χ0v) is 18.6. The molecule has 0 aliphatic rings. The fraction of sp³-hybridized carbons (Fsp3) is 0.227. The monoisotopic (exact) mass is 439 g/mol. The number of aryl methyl sites for hydroxylation is 2. The van der Waals surface area contributed by atoms with Gasteiger partial charge in [-0.2, -0.15) is 0 Å². The van der Waals surface area contributed by atoms with E-state index in [1.165, 1.54) is 11.8 Å². The molecule has 4 rings (SSSR count). The summed E-state index contributed by atoms with van der Waals surface area (Å²) in [5.41, 5.74) is 2.63. The number of thioether (sulfide) groups is 1. The molecule has 0 saturated carbocycles. The molecule has 0 spiro atoms. The Bertz CT molecular complexity index is 1270. The highest BCUT2D eigenvalue weighted by Gasteiger charge is 2.17. The Morgan fingerprint density at radius 2 is 2.03 bits per heavy atom. The minimum Gasteiger partial charge on any atom is -0.497 e. The SMILES string of the molecule is C=CCn1c(SCc2coc(-c3ccc(OC)cc3)n2)nc2sc(C)c(C)c2c1=O. The molecule has 0 unspecified atom stereocenters. The van der Waals surface area contributed by atoms with Gasteiger partial charge in [-0.15, -0.1) is 17.9 Å². The van der Waals surface area contributed by atoms with Gasteiger partial charge >= 0.3 is 0 Å². The first-order valence-corrected chi connectivity index (χ1v) is 11.1. The molecular weight excluding hydrogens is 418 g/mol. The first-order valence-electron chi connectivity index (χ1n) is 9.35. The molecule has 0 radical (unpaired) electrons. The molecular formula is C22H21N3O3S2. The number of fused-ring (bicyclic) bond motifs is 1. The van der Waals surface area contributed by atoms with E-state index in [9.17, 15) is 4.79 Å². The van der Waals surface area contributed by atoms with Gasteiger partial charge < -0.3 is 9.15 Å². The van der Waals surface area contributed by atoms with Crippen molar-refractivity contribution in [2.75, 3.05) is 7.11 Å².